The number of para-hydroxylation sites is 2. The molecule has 0 aliphatic rings. The Balaban J connectivity index is 1.37. The van der Waals surface area contributed by atoms with Crippen LogP contribution in [0.5, 0.6) is 0 Å². The Morgan fingerprint density at radius 2 is 0.927 bits per heavy atom. The minimum absolute atomic E-state index is 0.556. The van der Waals surface area contributed by atoms with Gasteiger partial charge in [0.25, 0.3) is 0 Å². The van der Waals surface area contributed by atoms with Crippen LogP contribution in [0, 0.1) is 11.3 Å². The highest BCUT2D eigenvalue weighted by Gasteiger charge is 2.19. The number of hydrogen-bond donors (Lipinski definition) is 0. The fourth-order valence-electron chi connectivity index (χ4n) is 6.85. The molecule has 0 aliphatic heterocycles. The van der Waals surface area contributed by atoms with Crippen LogP contribution >= 0.6 is 0 Å². The average Bonchev–Trinajstić information content (AvgIpc) is 3.42. The van der Waals surface area contributed by atoms with Crippen LogP contribution in [0.15, 0.2) is 132 Å². The quantitative estimate of drug-likeness (QED) is 0.213. The standard InChI is InChI=1S/C39H21NO/c40-22-26-8-4-11-34-35-13-5-12-33(39(35)41-38(26)34)30-19-15-25-16-20-31-29(18-14-24-17-21-32(30)37(25)36(24)31)28-10-3-7-23-6-1-2-9-27(23)28/h1-21H. The summed E-state index contributed by atoms with van der Waals surface area (Å²) >= 11 is 0. The van der Waals surface area contributed by atoms with Gasteiger partial charge in [0.2, 0.25) is 0 Å². The zero-order valence-corrected chi connectivity index (χ0v) is 22.0. The van der Waals surface area contributed by atoms with Crippen molar-refractivity contribution < 1.29 is 4.42 Å². The Hall–Kier alpha value is -5.65. The topological polar surface area (TPSA) is 36.9 Å². The summed E-state index contributed by atoms with van der Waals surface area (Å²) in [5.74, 6) is 0. The lowest BCUT2D eigenvalue weighted by molar-refractivity contribution is 0.669. The minimum atomic E-state index is 0.556. The van der Waals surface area contributed by atoms with Crippen molar-refractivity contribution in [3.8, 4) is 28.3 Å². The lowest BCUT2D eigenvalue weighted by Gasteiger charge is -2.17. The van der Waals surface area contributed by atoms with Crippen molar-refractivity contribution in [2.45, 2.75) is 0 Å². The maximum Gasteiger partial charge on any atom is 0.153 e. The van der Waals surface area contributed by atoms with Crippen LogP contribution in [0.2, 0.25) is 0 Å². The highest BCUT2D eigenvalue weighted by atomic mass is 16.3. The van der Waals surface area contributed by atoms with E-state index >= 15 is 0 Å². The van der Waals surface area contributed by atoms with E-state index in [0.717, 1.165) is 27.5 Å². The van der Waals surface area contributed by atoms with Gasteiger partial charge in [0, 0.05) is 16.3 Å². The summed E-state index contributed by atoms with van der Waals surface area (Å²) in [7, 11) is 0. The maximum absolute atomic E-state index is 9.70. The predicted octanol–water partition coefficient (Wildman–Crippen LogP) is 10.8. The van der Waals surface area contributed by atoms with Crippen LogP contribution in [-0.4, -0.2) is 0 Å². The summed E-state index contributed by atoms with van der Waals surface area (Å²) in [6, 6.07) is 47.5. The molecule has 2 heteroatoms. The second-order valence-corrected chi connectivity index (χ2v) is 10.8. The molecule has 1 heterocycles. The van der Waals surface area contributed by atoms with E-state index in [4.69, 9.17) is 4.42 Å². The Labute approximate surface area is 235 Å². The lowest BCUT2D eigenvalue weighted by Crippen LogP contribution is -1.90. The fourth-order valence-corrected chi connectivity index (χ4v) is 6.85. The van der Waals surface area contributed by atoms with Crippen molar-refractivity contribution >= 4 is 65.0 Å². The van der Waals surface area contributed by atoms with E-state index in [-0.39, 0.29) is 0 Å². The molecule has 41 heavy (non-hydrogen) atoms. The molecule has 0 aliphatic carbocycles. The average molecular weight is 520 g/mol. The smallest absolute Gasteiger partial charge is 0.153 e. The van der Waals surface area contributed by atoms with E-state index < -0.39 is 0 Å². The van der Waals surface area contributed by atoms with Gasteiger partial charge in [-0.3, -0.25) is 0 Å². The molecule has 2 nitrogen and oxygen atoms in total. The van der Waals surface area contributed by atoms with E-state index in [9.17, 15) is 5.26 Å². The molecule has 0 bridgehead atoms. The number of nitrogens with zero attached hydrogens (tertiary/aromatic N) is 1. The number of nitriles is 1. The molecule has 0 radical (unpaired) electrons. The second kappa shape index (κ2) is 8.18. The van der Waals surface area contributed by atoms with Gasteiger partial charge in [-0.15, -0.1) is 0 Å². The predicted molar refractivity (Wildman–Crippen MR) is 171 cm³/mol. The van der Waals surface area contributed by atoms with Crippen LogP contribution in [0.25, 0.3) is 87.3 Å². The number of hydrogen-bond acceptors (Lipinski definition) is 2. The van der Waals surface area contributed by atoms with Crippen molar-refractivity contribution in [1.82, 2.24) is 0 Å². The van der Waals surface area contributed by atoms with Gasteiger partial charge >= 0.3 is 0 Å². The first-order valence-electron chi connectivity index (χ1n) is 13.8. The number of fused-ring (bicyclic) bond motifs is 4. The van der Waals surface area contributed by atoms with Gasteiger partial charge in [0.05, 0.1) is 5.56 Å². The normalized spacial score (nSPS) is 11.9. The monoisotopic (exact) mass is 519 g/mol. The summed E-state index contributed by atoms with van der Waals surface area (Å²) < 4.78 is 6.45. The van der Waals surface area contributed by atoms with Crippen LogP contribution < -0.4 is 0 Å². The third-order valence-electron chi connectivity index (χ3n) is 8.68. The molecule has 8 aromatic carbocycles. The van der Waals surface area contributed by atoms with Gasteiger partial charge in [-0.25, -0.2) is 0 Å². The number of rotatable bonds is 2. The summed E-state index contributed by atoms with van der Waals surface area (Å²) in [6.45, 7) is 0. The summed E-state index contributed by atoms with van der Waals surface area (Å²) in [5.41, 5.74) is 6.69. The van der Waals surface area contributed by atoms with Crippen LogP contribution in [-0.2, 0) is 0 Å². The highest BCUT2D eigenvalue weighted by molar-refractivity contribution is 6.28. The molecule has 0 atom stereocenters. The third kappa shape index (κ3) is 3.01. The van der Waals surface area contributed by atoms with Gasteiger partial charge in [0.15, 0.2) is 5.58 Å². The van der Waals surface area contributed by atoms with E-state index in [2.05, 4.69) is 115 Å². The first kappa shape index (κ1) is 22.2. The largest absolute Gasteiger partial charge is 0.454 e. The Kier molecular flexibility index (Phi) is 4.43. The van der Waals surface area contributed by atoms with Gasteiger partial charge in [-0.1, -0.05) is 121 Å². The lowest BCUT2D eigenvalue weighted by atomic mass is 9.86. The molecule has 0 unspecified atom stereocenters. The van der Waals surface area contributed by atoms with Crippen molar-refractivity contribution in [3.63, 3.8) is 0 Å². The summed E-state index contributed by atoms with van der Waals surface area (Å²) in [5, 5.41) is 21.7. The van der Waals surface area contributed by atoms with Gasteiger partial charge < -0.3 is 4.42 Å². The van der Waals surface area contributed by atoms with Crippen LogP contribution in [0.3, 0.4) is 0 Å². The van der Waals surface area contributed by atoms with Gasteiger partial charge in [-0.2, -0.15) is 5.26 Å². The minimum Gasteiger partial charge on any atom is -0.454 e. The molecule has 0 spiro atoms. The molecule has 9 rings (SSSR count). The third-order valence-corrected chi connectivity index (χ3v) is 8.68. The van der Waals surface area contributed by atoms with E-state index in [0.29, 0.717) is 11.1 Å². The second-order valence-electron chi connectivity index (χ2n) is 10.8. The molecule has 188 valence electrons. The molecule has 9 aromatic rings. The molecular formula is C39H21NO. The Morgan fingerprint density at radius 1 is 0.390 bits per heavy atom. The van der Waals surface area contributed by atoms with Crippen molar-refractivity contribution in [3.05, 3.63) is 133 Å². The van der Waals surface area contributed by atoms with E-state index in [1.807, 2.05) is 18.2 Å². The molecule has 1 aromatic heterocycles. The maximum atomic E-state index is 9.70. The van der Waals surface area contributed by atoms with Gasteiger partial charge in [0.1, 0.15) is 11.7 Å². The van der Waals surface area contributed by atoms with E-state index in [1.54, 1.807) is 0 Å². The SMILES string of the molecule is N#Cc1cccc2c1oc1c(-c3ccc4ccc5c(-c6cccc7ccccc67)ccc6ccc3c4c65)cccc12. The molecule has 0 amide bonds. The molecule has 0 saturated carbocycles. The molecular weight excluding hydrogens is 498 g/mol. The van der Waals surface area contributed by atoms with Crippen LogP contribution in [0.4, 0.5) is 0 Å². The molecule has 0 N–H and O–H groups in total. The Bertz CT molecular complexity index is 2540. The summed E-state index contributed by atoms with van der Waals surface area (Å²) in [4.78, 5) is 0. The highest BCUT2D eigenvalue weighted by Crippen LogP contribution is 2.45. The van der Waals surface area contributed by atoms with E-state index in [1.165, 1.54) is 54.2 Å². The summed E-state index contributed by atoms with van der Waals surface area (Å²) in [6.07, 6.45) is 0. The van der Waals surface area contributed by atoms with Crippen molar-refractivity contribution in [2.75, 3.05) is 0 Å². The van der Waals surface area contributed by atoms with Crippen molar-refractivity contribution in [2.24, 2.45) is 0 Å². The first-order valence-corrected chi connectivity index (χ1v) is 13.8. The van der Waals surface area contributed by atoms with Crippen molar-refractivity contribution in [1.29, 1.82) is 5.26 Å². The zero-order valence-electron chi connectivity index (χ0n) is 22.0. The first-order chi connectivity index (χ1) is 20.3. The molecule has 0 fully saturated rings. The van der Waals surface area contributed by atoms with Crippen LogP contribution in [0.1, 0.15) is 5.56 Å². The van der Waals surface area contributed by atoms with Gasteiger partial charge in [-0.05, 0) is 65.8 Å². The Morgan fingerprint density at radius 3 is 1.68 bits per heavy atom. The number of furan rings is 1. The fraction of sp³-hybridized carbons (Fsp3) is 0. The zero-order chi connectivity index (χ0) is 27.1. The molecule has 0 saturated heterocycles. The number of benzene rings is 8.